The van der Waals surface area contributed by atoms with Gasteiger partial charge in [0.2, 0.25) is 5.95 Å². The van der Waals surface area contributed by atoms with Crippen LogP contribution in [0.1, 0.15) is 12.8 Å². The summed E-state index contributed by atoms with van der Waals surface area (Å²) in [5.41, 5.74) is 2.68. The highest BCUT2D eigenvalue weighted by atomic mass is 16.5. The van der Waals surface area contributed by atoms with E-state index < -0.39 is 0 Å². The molecule has 1 aliphatic rings. The number of benzene rings is 2. The highest BCUT2D eigenvalue weighted by Gasteiger charge is 2.22. The van der Waals surface area contributed by atoms with Crippen molar-refractivity contribution in [3.8, 4) is 17.1 Å². The fourth-order valence-corrected chi connectivity index (χ4v) is 3.21. The van der Waals surface area contributed by atoms with Crippen LogP contribution in [0.4, 0.5) is 5.95 Å². The zero-order chi connectivity index (χ0) is 17.5. The van der Waals surface area contributed by atoms with Crippen LogP contribution >= 0.6 is 0 Å². The van der Waals surface area contributed by atoms with E-state index in [9.17, 15) is 0 Å². The molecule has 6 heteroatoms. The molecule has 2 heterocycles. The second kappa shape index (κ2) is 5.98. The average Bonchev–Trinajstić information content (AvgIpc) is 3.41. The molecule has 6 nitrogen and oxygen atoms in total. The lowest BCUT2D eigenvalue weighted by Gasteiger charge is -2.11. The van der Waals surface area contributed by atoms with Crippen LogP contribution in [0.15, 0.2) is 48.5 Å². The molecule has 0 amide bonds. The smallest absolute Gasteiger partial charge is 0.211 e. The molecule has 4 aromatic rings. The largest absolute Gasteiger partial charge is 0.497 e. The van der Waals surface area contributed by atoms with Crippen molar-refractivity contribution in [2.45, 2.75) is 12.8 Å². The molecule has 1 saturated carbocycles. The lowest BCUT2D eigenvalue weighted by Crippen LogP contribution is -2.10. The van der Waals surface area contributed by atoms with E-state index >= 15 is 0 Å². The third-order valence-electron chi connectivity index (χ3n) is 4.82. The number of rotatable bonds is 5. The van der Waals surface area contributed by atoms with Gasteiger partial charge in [0.05, 0.1) is 12.6 Å². The Morgan fingerprint density at radius 1 is 1.12 bits per heavy atom. The number of methoxy groups -OCH3 is 1. The summed E-state index contributed by atoms with van der Waals surface area (Å²) in [5, 5.41) is 13.4. The summed E-state index contributed by atoms with van der Waals surface area (Å²) in [6.45, 7) is 0.927. The van der Waals surface area contributed by atoms with Gasteiger partial charge in [-0.05, 0) is 43.0 Å². The third-order valence-corrected chi connectivity index (χ3v) is 4.82. The molecule has 2 aromatic carbocycles. The first kappa shape index (κ1) is 15.1. The predicted octanol–water partition coefficient (Wildman–Crippen LogP) is 3.78. The third kappa shape index (κ3) is 2.54. The van der Waals surface area contributed by atoms with E-state index in [4.69, 9.17) is 9.72 Å². The van der Waals surface area contributed by atoms with Crippen LogP contribution in [-0.4, -0.2) is 33.2 Å². The van der Waals surface area contributed by atoms with Crippen LogP contribution < -0.4 is 10.1 Å². The second-order valence-corrected chi connectivity index (χ2v) is 6.69. The molecule has 0 unspecified atom stereocenters. The van der Waals surface area contributed by atoms with Crippen molar-refractivity contribution in [2.75, 3.05) is 19.0 Å². The lowest BCUT2D eigenvalue weighted by atomic mass is 10.2. The van der Waals surface area contributed by atoms with Gasteiger partial charge >= 0.3 is 0 Å². The Morgan fingerprint density at radius 3 is 2.85 bits per heavy atom. The number of nitrogens with zero attached hydrogens (tertiary/aromatic N) is 4. The first-order chi connectivity index (χ1) is 12.8. The number of ether oxygens (including phenoxy) is 1. The standard InChI is InChI=1S/C20H19N5O/c1-26-15-6-4-5-14(11-15)18-23-24-19-16-7-2-3-8-17(16)22-20(25(18)19)21-12-13-9-10-13/h2-8,11,13H,9-10,12H2,1H3,(H,21,22). The number of aromatic nitrogens is 4. The Hall–Kier alpha value is -3.15. The normalized spacial score (nSPS) is 14.0. The summed E-state index contributed by atoms with van der Waals surface area (Å²) in [6.07, 6.45) is 2.57. The molecule has 0 saturated heterocycles. The number of fused-ring (bicyclic) bond motifs is 3. The van der Waals surface area contributed by atoms with E-state index in [1.165, 1.54) is 12.8 Å². The van der Waals surface area contributed by atoms with Gasteiger partial charge in [-0.1, -0.05) is 24.3 Å². The van der Waals surface area contributed by atoms with E-state index in [0.717, 1.165) is 52.1 Å². The van der Waals surface area contributed by atoms with Gasteiger partial charge in [-0.15, -0.1) is 10.2 Å². The van der Waals surface area contributed by atoms with Crippen molar-refractivity contribution in [1.29, 1.82) is 0 Å². The van der Waals surface area contributed by atoms with Crippen molar-refractivity contribution in [3.05, 3.63) is 48.5 Å². The quantitative estimate of drug-likeness (QED) is 0.596. The van der Waals surface area contributed by atoms with Crippen molar-refractivity contribution < 1.29 is 4.74 Å². The molecule has 1 N–H and O–H groups in total. The Balaban J connectivity index is 1.74. The van der Waals surface area contributed by atoms with Gasteiger partial charge in [0.15, 0.2) is 11.5 Å². The van der Waals surface area contributed by atoms with E-state index in [0.29, 0.717) is 0 Å². The zero-order valence-corrected chi connectivity index (χ0v) is 14.5. The van der Waals surface area contributed by atoms with E-state index in [2.05, 4.69) is 15.5 Å². The molecule has 0 aliphatic heterocycles. The lowest BCUT2D eigenvalue weighted by molar-refractivity contribution is 0.415. The monoisotopic (exact) mass is 345 g/mol. The predicted molar refractivity (Wildman–Crippen MR) is 101 cm³/mol. The summed E-state index contributed by atoms with van der Waals surface area (Å²) in [7, 11) is 1.67. The summed E-state index contributed by atoms with van der Waals surface area (Å²) < 4.78 is 7.38. The Morgan fingerprint density at radius 2 is 2.00 bits per heavy atom. The average molecular weight is 345 g/mol. The minimum atomic E-state index is 0.745. The highest BCUT2D eigenvalue weighted by Crippen LogP contribution is 2.31. The molecule has 2 aromatic heterocycles. The summed E-state index contributed by atoms with van der Waals surface area (Å²) in [6, 6.07) is 15.9. The molecular formula is C20H19N5O. The second-order valence-electron chi connectivity index (χ2n) is 6.69. The van der Waals surface area contributed by atoms with Gasteiger partial charge in [-0.25, -0.2) is 9.38 Å². The molecule has 5 rings (SSSR count). The summed E-state index contributed by atoms with van der Waals surface area (Å²) >= 11 is 0. The molecule has 26 heavy (non-hydrogen) atoms. The van der Waals surface area contributed by atoms with Gasteiger partial charge in [-0.2, -0.15) is 0 Å². The van der Waals surface area contributed by atoms with Crippen LogP contribution in [0.2, 0.25) is 0 Å². The van der Waals surface area contributed by atoms with Gasteiger partial charge < -0.3 is 10.1 Å². The number of anilines is 1. The van der Waals surface area contributed by atoms with Gasteiger partial charge in [-0.3, -0.25) is 0 Å². The van der Waals surface area contributed by atoms with Gasteiger partial charge in [0, 0.05) is 17.5 Å². The molecule has 0 spiro atoms. The van der Waals surface area contributed by atoms with E-state index in [1.54, 1.807) is 7.11 Å². The number of para-hydroxylation sites is 1. The molecule has 130 valence electrons. The first-order valence-corrected chi connectivity index (χ1v) is 8.85. The van der Waals surface area contributed by atoms with Crippen LogP contribution in [0.3, 0.4) is 0 Å². The maximum absolute atomic E-state index is 5.36. The first-order valence-electron chi connectivity index (χ1n) is 8.85. The number of hydrogen-bond acceptors (Lipinski definition) is 5. The topological polar surface area (TPSA) is 64.3 Å². The fourth-order valence-electron chi connectivity index (χ4n) is 3.21. The Bertz CT molecular complexity index is 1100. The van der Waals surface area contributed by atoms with Gasteiger partial charge in [0.25, 0.3) is 0 Å². The van der Waals surface area contributed by atoms with Crippen LogP contribution in [-0.2, 0) is 0 Å². The Labute approximate surface area is 150 Å². The molecular weight excluding hydrogens is 326 g/mol. The van der Waals surface area contributed by atoms with Crippen molar-refractivity contribution in [3.63, 3.8) is 0 Å². The summed E-state index contributed by atoms with van der Waals surface area (Å²) in [5.74, 6) is 3.08. The molecule has 0 atom stereocenters. The van der Waals surface area contributed by atoms with E-state index in [-0.39, 0.29) is 0 Å². The van der Waals surface area contributed by atoms with Crippen molar-refractivity contribution in [2.24, 2.45) is 5.92 Å². The van der Waals surface area contributed by atoms with E-state index in [1.807, 2.05) is 52.9 Å². The molecule has 0 radical (unpaired) electrons. The van der Waals surface area contributed by atoms with Crippen molar-refractivity contribution >= 4 is 22.5 Å². The fraction of sp³-hybridized carbons (Fsp3) is 0.250. The molecule has 0 bridgehead atoms. The minimum Gasteiger partial charge on any atom is -0.497 e. The van der Waals surface area contributed by atoms with Crippen LogP contribution in [0.5, 0.6) is 5.75 Å². The maximum atomic E-state index is 5.36. The van der Waals surface area contributed by atoms with Crippen LogP contribution in [0, 0.1) is 5.92 Å². The summed E-state index contributed by atoms with van der Waals surface area (Å²) in [4.78, 5) is 4.84. The highest BCUT2D eigenvalue weighted by molar-refractivity contribution is 5.93. The van der Waals surface area contributed by atoms with Gasteiger partial charge in [0.1, 0.15) is 5.75 Å². The molecule has 1 fully saturated rings. The number of hydrogen-bond donors (Lipinski definition) is 1. The minimum absolute atomic E-state index is 0.745. The Kier molecular flexibility index (Phi) is 3.48. The van der Waals surface area contributed by atoms with Crippen LogP contribution in [0.25, 0.3) is 27.9 Å². The zero-order valence-electron chi connectivity index (χ0n) is 14.5. The maximum Gasteiger partial charge on any atom is 0.211 e. The molecule has 1 aliphatic carbocycles. The van der Waals surface area contributed by atoms with Crippen molar-refractivity contribution in [1.82, 2.24) is 19.6 Å². The SMILES string of the molecule is COc1cccc(-c2nnc3c4ccccc4nc(NCC4CC4)n23)c1. The number of nitrogens with one attached hydrogen (secondary N) is 1.